The predicted molar refractivity (Wildman–Crippen MR) is 74.0 cm³/mol. The molecule has 0 aromatic carbocycles. The third kappa shape index (κ3) is 2.85. The molecular formula is C12H19N5OS. The van der Waals surface area contributed by atoms with Crippen molar-refractivity contribution in [3.05, 3.63) is 10.5 Å². The van der Waals surface area contributed by atoms with Crippen molar-refractivity contribution in [1.82, 2.24) is 20.1 Å². The summed E-state index contributed by atoms with van der Waals surface area (Å²) in [5.74, 6) is 1.03. The molecule has 104 valence electrons. The SMILES string of the molecule is CCCn1c(SCC(C#N)(NC)C2CC2)n[nH]c1=O. The van der Waals surface area contributed by atoms with Crippen LogP contribution in [-0.2, 0) is 6.54 Å². The van der Waals surface area contributed by atoms with E-state index in [9.17, 15) is 10.1 Å². The fourth-order valence-electron chi connectivity index (χ4n) is 2.16. The van der Waals surface area contributed by atoms with E-state index in [1.807, 2.05) is 14.0 Å². The van der Waals surface area contributed by atoms with Crippen LogP contribution in [0.5, 0.6) is 0 Å². The van der Waals surface area contributed by atoms with E-state index in [1.165, 1.54) is 11.8 Å². The summed E-state index contributed by atoms with van der Waals surface area (Å²) in [7, 11) is 1.83. The molecule has 0 saturated heterocycles. The molecule has 1 aliphatic carbocycles. The Hall–Kier alpha value is -1.26. The topological polar surface area (TPSA) is 86.5 Å². The molecule has 1 aromatic rings. The van der Waals surface area contributed by atoms with E-state index >= 15 is 0 Å². The number of aromatic amines is 1. The second kappa shape index (κ2) is 5.80. The van der Waals surface area contributed by atoms with Gasteiger partial charge in [-0.3, -0.25) is 4.57 Å². The van der Waals surface area contributed by atoms with Gasteiger partial charge in [0.2, 0.25) is 0 Å². The van der Waals surface area contributed by atoms with E-state index in [1.54, 1.807) is 4.57 Å². The third-order valence-electron chi connectivity index (χ3n) is 3.52. The van der Waals surface area contributed by atoms with E-state index in [-0.39, 0.29) is 5.69 Å². The van der Waals surface area contributed by atoms with Crippen LogP contribution in [-0.4, -0.2) is 33.1 Å². The predicted octanol–water partition coefficient (Wildman–Crippen LogP) is 0.965. The van der Waals surface area contributed by atoms with Crippen LogP contribution in [0.2, 0.25) is 0 Å². The van der Waals surface area contributed by atoms with Crippen LogP contribution in [0.1, 0.15) is 26.2 Å². The highest BCUT2D eigenvalue weighted by Gasteiger charge is 2.44. The van der Waals surface area contributed by atoms with Gasteiger partial charge in [0.05, 0.1) is 6.07 Å². The molecule has 1 fully saturated rings. The zero-order valence-electron chi connectivity index (χ0n) is 11.3. The molecule has 2 rings (SSSR count). The number of aromatic nitrogens is 3. The maximum absolute atomic E-state index is 11.6. The molecule has 19 heavy (non-hydrogen) atoms. The zero-order chi connectivity index (χ0) is 13.9. The summed E-state index contributed by atoms with van der Waals surface area (Å²) in [5, 5.41) is 19.7. The highest BCUT2D eigenvalue weighted by molar-refractivity contribution is 7.99. The van der Waals surface area contributed by atoms with Gasteiger partial charge >= 0.3 is 5.69 Å². The Bertz CT molecular complexity index is 527. The lowest BCUT2D eigenvalue weighted by Crippen LogP contribution is -2.46. The maximum Gasteiger partial charge on any atom is 0.343 e. The average Bonchev–Trinajstić information content (AvgIpc) is 3.21. The molecule has 0 bridgehead atoms. The molecule has 2 N–H and O–H groups in total. The molecule has 6 nitrogen and oxygen atoms in total. The normalized spacial score (nSPS) is 17.9. The second-order valence-corrected chi connectivity index (χ2v) is 5.80. The van der Waals surface area contributed by atoms with Crippen molar-refractivity contribution in [3.63, 3.8) is 0 Å². The van der Waals surface area contributed by atoms with E-state index in [0.29, 0.717) is 23.4 Å². The number of nitriles is 1. The first kappa shape index (κ1) is 14.2. The number of nitrogens with zero attached hydrogens (tertiary/aromatic N) is 3. The molecule has 1 unspecified atom stereocenters. The quantitative estimate of drug-likeness (QED) is 0.727. The second-order valence-electron chi connectivity index (χ2n) is 4.86. The Morgan fingerprint density at radius 2 is 2.42 bits per heavy atom. The summed E-state index contributed by atoms with van der Waals surface area (Å²) < 4.78 is 1.63. The first-order valence-electron chi connectivity index (χ1n) is 6.55. The van der Waals surface area contributed by atoms with Gasteiger partial charge in [-0.15, -0.1) is 5.10 Å². The summed E-state index contributed by atoms with van der Waals surface area (Å²) >= 11 is 1.47. The van der Waals surface area contributed by atoms with Crippen LogP contribution in [0.25, 0.3) is 0 Å². The Kier molecular flexibility index (Phi) is 4.32. The van der Waals surface area contributed by atoms with Crippen molar-refractivity contribution < 1.29 is 0 Å². The number of H-pyrrole nitrogens is 1. The summed E-state index contributed by atoms with van der Waals surface area (Å²) in [5.41, 5.74) is -0.681. The number of rotatable bonds is 7. The highest BCUT2D eigenvalue weighted by Crippen LogP contribution is 2.41. The van der Waals surface area contributed by atoms with Crippen molar-refractivity contribution in [2.45, 2.75) is 43.4 Å². The molecular weight excluding hydrogens is 262 g/mol. The maximum atomic E-state index is 11.6. The van der Waals surface area contributed by atoms with Gasteiger partial charge in [-0.1, -0.05) is 18.7 Å². The summed E-state index contributed by atoms with van der Waals surface area (Å²) in [6.45, 7) is 2.67. The molecule has 1 heterocycles. The van der Waals surface area contributed by atoms with Gasteiger partial charge in [-0.05, 0) is 32.2 Å². The Morgan fingerprint density at radius 1 is 1.68 bits per heavy atom. The molecule has 1 saturated carbocycles. The largest absolute Gasteiger partial charge is 0.343 e. The molecule has 0 amide bonds. The molecule has 0 aliphatic heterocycles. The van der Waals surface area contributed by atoms with Crippen LogP contribution < -0.4 is 11.0 Å². The smallest absolute Gasteiger partial charge is 0.302 e. The van der Waals surface area contributed by atoms with Crippen molar-refractivity contribution >= 4 is 11.8 Å². The first-order valence-corrected chi connectivity index (χ1v) is 7.53. The summed E-state index contributed by atoms with van der Waals surface area (Å²) in [6.07, 6.45) is 3.07. The van der Waals surface area contributed by atoms with Crippen molar-refractivity contribution in [2.75, 3.05) is 12.8 Å². The van der Waals surface area contributed by atoms with Crippen molar-refractivity contribution in [3.8, 4) is 6.07 Å². The van der Waals surface area contributed by atoms with E-state index in [0.717, 1.165) is 19.3 Å². The lowest BCUT2D eigenvalue weighted by atomic mass is 9.98. The minimum Gasteiger partial charge on any atom is -0.302 e. The van der Waals surface area contributed by atoms with Gasteiger partial charge in [0.15, 0.2) is 5.16 Å². The first-order chi connectivity index (χ1) is 9.16. The van der Waals surface area contributed by atoms with E-state index < -0.39 is 5.54 Å². The number of nitrogens with one attached hydrogen (secondary N) is 2. The number of hydrogen-bond donors (Lipinski definition) is 2. The van der Waals surface area contributed by atoms with Gasteiger partial charge in [0, 0.05) is 12.3 Å². The van der Waals surface area contributed by atoms with Crippen LogP contribution in [0.4, 0.5) is 0 Å². The highest BCUT2D eigenvalue weighted by atomic mass is 32.2. The fraction of sp³-hybridized carbons (Fsp3) is 0.750. The summed E-state index contributed by atoms with van der Waals surface area (Å²) in [6, 6.07) is 2.40. The van der Waals surface area contributed by atoms with Crippen LogP contribution in [0.15, 0.2) is 9.95 Å². The van der Waals surface area contributed by atoms with Gasteiger partial charge in [0.25, 0.3) is 0 Å². The monoisotopic (exact) mass is 281 g/mol. The molecule has 1 atom stereocenters. The Morgan fingerprint density at radius 3 is 2.95 bits per heavy atom. The molecule has 7 heteroatoms. The molecule has 0 radical (unpaired) electrons. The Balaban J connectivity index is 2.09. The van der Waals surface area contributed by atoms with Gasteiger partial charge < -0.3 is 5.32 Å². The standard InChI is InChI=1S/C12H19N5OS/c1-3-6-17-10(18)15-16-11(17)19-8-12(7-13,14-2)9-4-5-9/h9,14H,3-6,8H2,1-2H3,(H,15,18). The fourth-order valence-corrected chi connectivity index (χ4v) is 3.40. The Labute approximate surface area is 116 Å². The minimum absolute atomic E-state index is 0.178. The van der Waals surface area contributed by atoms with Gasteiger partial charge in [0.1, 0.15) is 5.54 Å². The third-order valence-corrected chi connectivity index (χ3v) is 4.69. The van der Waals surface area contributed by atoms with Crippen LogP contribution >= 0.6 is 11.8 Å². The molecule has 0 spiro atoms. The lowest BCUT2D eigenvalue weighted by Gasteiger charge is -2.25. The van der Waals surface area contributed by atoms with Gasteiger partial charge in [-0.25, -0.2) is 9.89 Å². The van der Waals surface area contributed by atoms with Crippen molar-refractivity contribution in [1.29, 1.82) is 5.26 Å². The average molecular weight is 281 g/mol. The van der Waals surface area contributed by atoms with E-state index in [2.05, 4.69) is 21.6 Å². The summed E-state index contributed by atoms with van der Waals surface area (Å²) in [4.78, 5) is 11.6. The van der Waals surface area contributed by atoms with Crippen LogP contribution in [0, 0.1) is 17.2 Å². The zero-order valence-corrected chi connectivity index (χ0v) is 12.1. The van der Waals surface area contributed by atoms with E-state index in [4.69, 9.17) is 0 Å². The van der Waals surface area contributed by atoms with Crippen LogP contribution in [0.3, 0.4) is 0 Å². The number of hydrogen-bond acceptors (Lipinski definition) is 5. The molecule has 1 aromatic heterocycles. The van der Waals surface area contributed by atoms with Crippen molar-refractivity contribution in [2.24, 2.45) is 5.92 Å². The minimum atomic E-state index is -0.503. The lowest BCUT2D eigenvalue weighted by molar-refractivity contribution is 0.440. The number of thioether (sulfide) groups is 1. The van der Waals surface area contributed by atoms with Gasteiger partial charge in [-0.2, -0.15) is 5.26 Å². The molecule has 1 aliphatic rings.